The standard InChI is InChI=1S/C17H17NO2/c1-2-6-13-11-14(9-10-15(13)19)16(17(18)20)12-7-4-3-5-8-12/h2-11,16,19H,1H3,(H2,18,20). The second-order valence-corrected chi connectivity index (χ2v) is 4.56. The third-order valence-corrected chi connectivity index (χ3v) is 3.15. The van der Waals surface area contributed by atoms with Gasteiger partial charge >= 0.3 is 0 Å². The zero-order chi connectivity index (χ0) is 14.5. The van der Waals surface area contributed by atoms with Gasteiger partial charge in [0, 0.05) is 5.56 Å². The zero-order valence-electron chi connectivity index (χ0n) is 11.3. The molecule has 2 aromatic rings. The summed E-state index contributed by atoms with van der Waals surface area (Å²) in [7, 11) is 0. The van der Waals surface area contributed by atoms with Crippen LogP contribution >= 0.6 is 0 Å². The van der Waals surface area contributed by atoms with Gasteiger partial charge in [-0.3, -0.25) is 4.79 Å². The number of phenolic OH excluding ortho intramolecular Hbond substituents is 1. The minimum atomic E-state index is -0.513. The first kappa shape index (κ1) is 13.9. The lowest BCUT2D eigenvalue weighted by atomic mass is 9.89. The maximum Gasteiger partial charge on any atom is 0.229 e. The van der Waals surface area contributed by atoms with Gasteiger partial charge in [-0.15, -0.1) is 0 Å². The second kappa shape index (κ2) is 6.06. The molecule has 1 unspecified atom stereocenters. The van der Waals surface area contributed by atoms with Crippen LogP contribution in [0.5, 0.6) is 5.75 Å². The lowest BCUT2D eigenvalue weighted by Crippen LogP contribution is -2.22. The number of phenols is 1. The van der Waals surface area contributed by atoms with Crippen molar-refractivity contribution in [2.75, 3.05) is 0 Å². The van der Waals surface area contributed by atoms with E-state index in [1.54, 1.807) is 24.3 Å². The van der Waals surface area contributed by atoms with Crippen LogP contribution < -0.4 is 5.73 Å². The molecule has 3 heteroatoms. The molecule has 1 atom stereocenters. The molecule has 0 aliphatic rings. The summed E-state index contributed by atoms with van der Waals surface area (Å²) in [5.74, 6) is -0.739. The SMILES string of the molecule is CC=Cc1cc(C(C(N)=O)c2ccccc2)ccc1O. The Morgan fingerprint density at radius 1 is 1.15 bits per heavy atom. The lowest BCUT2D eigenvalue weighted by Gasteiger charge is -2.15. The van der Waals surface area contributed by atoms with E-state index in [0.717, 1.165) is 11.1 Å². The Labute approximate surface area is 118 Å². The molecule has 2 rings (SSSR count). The average molecular weight is 267 g/mol. The van der Waals surface area contributed by atoms with E-state index < -0.39 is 11.8 Å². The van der Waals surface area contributed by atoms with Crippen molar-refractivity contribution in [2.24, 2.45) is 5.73 Å². The monoisotopic (exact) mass is 267 g/mol. The molecule has 0 heterocycles. The summed E-state index contributed by atoms with van der Waals surface area (Å²) in [6.07, 6.45) is 3.63. The Morgan fingerprint density at radius 2 is 1.85 bits per heavy atom. The first-order chi connectivity index (χ1) is 9.63. The molecule has 0 fully saturated rings. The molecule has 2 aromatic carbocycles. The van der Waals surface area contributed by atoms with Crippen LogP contribution in [0.1, 0.15) is 29.5 Å². The predicted octanol–water partition coefficient (Wildman–Crippen LogP) is 3.04. The van der Waals surface area contributed by atoms with Crippen LogP contribution in [0.25, 0.3) is 6.08 Å². The molecule has 0 aliphatic heterocycles. The highest BCUT2D eigenvalue weighted by atomic mass is 16.3. The molecular weight excluding hydrogens is 250 g/mol. The third-order valence-electron chi connectivity index (χ3n) is 3.15. The number of hydrogen-bond donors (Lipinski definition) is 2. The molecule has 0 aliphatic carbocycles. The number of benzene rings is 2. The van der Waals surface area contributed by atoms with E-state index in [-0.39, 0.29) is 5.75 Å². The minimum Gasteiger partial charge on any atom is -0.507 e. The van der Waals surface area contributed by atoms with E-state index in [4.69, 9.17) is 5.73 Å². The van der Waals surface area contributed by atoms with Gasteiger partial charge in [0.25, 0.3) is 0 Å². The van der Waals surface area contributed by atoms with Gasteiger partial charge in [0.15, 0.2) is 0 Å². The van der Waals surface area contributed by atoms with E-state index in [1.807, 2.05) is 43.3 Å². The van der Waals surface area contributed by atoms with Crippen molar-refractivity contribution in [3.63, 3.8) is 0 Å². The summed E-state index contributed by atoms with van der Waals surface area (Å²) in [4.78, 5) is 11.8. The Kier molecular flexibility index (Phi) is 4.20. The van der Waals surface area contributed by atoms with Crippen molar-refractivity contribution in [1.82, 2.24) is 0 Å². The molecule has 3 nitrogen and oxygen atoms in total. The Hall–Kier alpha value is -2.55. The Morgan fingerprint density at radius 3 is 2.45 bits per heavy atom. The number of primary amides is 1. The van der Waals surface area contributed by atoms with E-state index >= 15 is 0 Å². The summed E-state index contributed by atoms with van der Waals surface area (Å²) >= 11 is 0. The Bertz CT molecular complexity index is 633. The average Bonchev–Trinajstić information content (AvgIpc) is 2.44. The molecule has 20 heavy (non-hydrogen) atoms. The number of allylic oxidation sites excluding steroid dienone is 1. The molecule has 0 aromatic heterocycles. The summed E-state index contributed by atoms with van der Waals surface area (Å²) in [5.41, 5.74) is 7.83. The van der Waals surface area contributed by atoms with Crippen LogP contribution in [0.3, 0.4) is 0 Å². The quantitative estimate of drug-likeness (QED) is 0.894. The maximum absolute atomic E-state index is 11.8. The molecule has 102 valence electrons. The number of carbonyl (C=O) groups is 1. The van der Waals surface area contributed by atoms with Gasteiger partial charge in [0.1, 0.15) is 5.75 Å². The fraction of sp³-hybridized carbons (Fsp3) is 0.118. The highest BCUT2D eigenvalue weighted by Crippen LogP contribution is 2.29. The van der Waals surface area contributed by atoms with Crippen molar-refractivity contribution >= 4 is 12.0 Å². The van der Waals surface area contributed by atoms with Crippen LogP contribution in [0.2, 0.25) is 0 Å². The van der Waals surface area contributed by atoms with Crippen LogP contribution in [0.15, 0.2) is 54.6 Å². The fourth-order valence-corrected chi connectivity index (χ4v) is 2.23. The van der Waals surface area contributed by atoms with Crippen LogP contribution in [0.4, 0.5) is 0 Å². The predicted molar refractivity (Wildman–Crippen MR) is 80.3 cm³/mol. The molecular formula is C17H17NO2. The van der Waals surface area contributed by atoms with E-state index in [9.17, 15) is 9.90 Å². The zero-order valence-corrected chi connectivity index (χ0v) is 11.3. The van der Waals surface area contributed by atoms with Gasteiger partial charge in [-0.1, -0.05) is 48.6 Å². The summed E-state index contributed by atoms with van der Waals surface area (Å²) in [6, 6.07) is 14.5. The van der Waals surface area contributed by atoms with Gasteiger partial charge < -0.3 is 10.8 Å². The van der Waals surface area contributed by atoms with Crippen molar-refractivity contribution in [1.29, 1.82) is 0 Å². The van der Waals surface area contributed by atoms with Gasteiger partial charge in [-0.05, 0) is 30.2 Å². The summed E-state index contributed by atoms with van der Waals surface area (Å²) < 4.78 is 0. The molecule has 0 bridgehead atoms. The number of aromatic hydroxyl groups is 1. The van der Waals surface area contributed by atoms with Crippen molar-refractivity contribution in [3.05, 3.63) is 71.3 Å². The smallest absolute Gasteiger partial charge is 0.229 e. The first-order valence-electron chi connectivity index (χ1n) is 6.43. The highest BCUT2D eigenvalue weighted by molar-refractivity contribution is 5.86. The largest absolute Gasteiger partial charge is 0.507 e. The number of carbonyl (C=O) groups excluding carboxylic acids is 1. The van der Waals surface area contributed by atoms with Gasteiger partial charge in [0.05, 0.1) is 5.92 Å². The van der Waals surface area contributed by atoms with Crippen molar-refractivity contribution in [2.45, 2.75) is 12.8 Å². The first-order valence-corrected chi connectivity index (χ1v) is 6.43. The van der Waals surface area contributed by atoms with Crippen LogP contribution in [-0.2, 0) is 4.79 Å². The van der Waals surface area contributed by atoms with Crippen molar-refractivity contribution in [3.8, 4) is 5.75 Å². The van der Waals surface area contributed by atoms with E-state index in [2.05, 4.69) is 0 Å². The third kappa shape index (κ3) is 2.88. The van der Waals surface area contributed by atoms with Crippen LogP contribution in [0, 0.1) is 0 Å². The molecule has 0 saturated heterocycles. The number of rotatable bonds is 4. The highest BCUT2D eigenvalue weighted by Gasteiger charge is 2.20. The normalized spacial score (nSPS) is 12.4. The van der Waals surface area contributed by atoms with Crippen molar-refractivity contribution < 1.29 is 9.90 Å². The number of hydrogen-bond acceptors (Lipinski definition) is 2. The Balaban J connectivity index is 2.51. The second-order valence-electron chi connectivity index (χ2n) is 4.56. The van der Waals surface area contributed by atoms with Crippen LogP contribution in [-0.4, -0.2) is 11.0 Å². The van der Waals surface area contributed by atoms with E-state index in [1.165, 1.54) is 0 Å². The lowest BCUT2D eigenvalue weighted by molar-refractivity contribution is -0.118. The molecule has 0 spiro atoms. The summed E-state index contributed by atoms with van der Waals surface area (Å²) in [5, 5.41) is 9.79. The number of nitrogens with two attached hydrogens (primary N) is 1. The van der Waals surface area contributed by atoms with E-state index in [0.29, 0.717) is 5.56 Å². The topological polar surface area (TPSA) is 63.3 Å². The summed E-state index contributed by atoms with van der Waals surface area (Å²) in [6.45, 7) is 1.87. The minimum absolute atomic E-state index is 0.183. The van der Waals surface area contributed by atoms with Gasteiger partial charge in [0.2, 0.25) is 5.91 Å². The van der Waals surface area contributed by atoms with Gasteiger partial charge in [-0.2, -0.15) is 0 Å². The maximum atomic E-state index is 11.8. The molecule has 3 N–H and O–H groups in total. The number of amides is 1. The van der Waals surface area contributed by atoms with Gasteiger partial charge in [-0.25, -0.2) is 0 Å². The molecule has 0 saturated carbocycles. The molecule has 0 radical (unpaired) electrons. The fourth-order valence-electron chi connectivity index (χ4n) is 2.23. The molecule has 1 amide bonds.